The number of thiazole rings is 1. The number of nitrogen functional groups attached to an aromatic ring is 1. The second-order valence-electron chi connectivity index (χ2n) is 4.96. The van der Waals surface area contributed by atoms with Gasteiger partial charge >= 0.3 is 0 Å². The molecule has 1 amide bonds. The van der Waals surface area contributed by atoms with Crippen LogP contribution in [-0.2, 0) is 4.74 Å². The van der Waals surface area contributed by atoms with E-state index in [0.29, 0.717) is 29.9 Å². The third-order valence-electron chi connectivity index (χ3n) is 3.35. The van der Waals surface area contributed by atoms with Crippen LogP contribution in [-0.4, -0.2) is 37.2 Å². The molecular weight excluding hydrogens is 276 g/mol. The average molecular weight is 298 g/mol. The standard InChI is InChI=1S/C13H22N4O2S/c1-19-8-3-2-7-15-12(18)10-11(14)17-13(20-10)16-9-5-4-6-9/h9H,2-8,14H2,1H3,(H,15,18)(H,16,17). The minimum Gasteiger partial charge on any atom is -0.385 e. The van der Waals surface area contributed by atoms with Gasteiger partial charge in [-0.15, -0.1) is 0 Å². The Balaban J connectivity index is 1.79. The molecule has 2 rings (SSSR count). The third kappa shape index (κ3) is 4.08. The number of hydrogen-bond donors (Lipinski definition) is 3. The highest BCUT2D eigenvalue weighted by molar-refractivity contribution is 7.18. The van der Waals surface area contributed by atoms with Crippen molar-refractivity contribution < 1.29 is 9.53 Å². The number of methoxy groups -OCH3 is 1. The van der Waals surface area contributed by atoms with E-state index in [-0.39, 0.29) is 5.91 Å². The van der Waals surface area contributed by atoms with Gasteiger partial charge in [0.05, 0.1) is 0 Å². The number of ether oxygens (including phenoxy) is 1. The lowest BCUT2D eigenvalue weighted by atomic mass is 9.93. The van der Waals surface area contributed by atoms with Gasteiger partial charge in [-0.25, -0.2) is 4.98 Å². The van der Waals surface area contributed by atoms with Crippen molar-refractivity contribution in [1.29, 1.82) is 0 Å². The van der Waals surface area contributed by atoms with E-state index in [9.17, 15) is 4.79 Å². The Morgan fingerprint density at radius 1 is 1.50 bits per heavy atom. The van der Waals surface area contributed by atoms with Gasteiger partial charge in [0.25, 0.3) is 5.91 Å². The summed E-state index contributed by atoms with van der Waals surface area (Å²) in [6, 6.07) is 0.491. The number of nitrogens with two attached hydrogens (primary N) is 1. The molecule has 1 saturated carbocycles. The summed E-state index contributed by atoms with van der Waals surface area (Å²) in [4.78, 5) is 16.7. The van der Waals surface area contributed by atoms with E-state index in [2.05, 4.69) is 15.6 Å². The monoisotopic (exact) mass is 298 g/mol. The van der Waals surface area contributed by atoms with Crippen LogP contribution in [0.3, 0.4) is 0 Å². The molecule has 6 nitrogen and oxygen atoms in total. The number of nitrogens with zero attached hydrogens (tertiary/aromatic N) is 1. The van der Waals surface area contributed by atoms with Crippen molar-refractivity contribution in [1.82, 2.24) is 10.3 Å². The highest BCUT2D eigenvalue weighted by atomic mass is 32.1. The van der Waals surface area contributed by atoms with E-state index in [1.807, 2.05) is 0 Å². The second-order valence-corrected chi connectivity index (χ2v) is 5.96. The van der Waals surface area contributed by atoms with Crippen LogP contribution in [0.15, 0.2) is 0 Å². The van der Waals surface area contributed by atoms with Gasteiger partial charge < -0.3 is 21.1 Å². The molecule has 0 atom stereocenters. The van der Waals surface area contributed by atoms with Gasteiger partial charge in [-0.2, -0.15) is 0 Å². The number of carbonyl (C=O) groups excluding carboxylic acids is 1. The lowest BCUT2D eigenvalue weighted by Crippen LogP contribution is -2.26. The van der Waals surface area contributed by atoms with E-state index < -0.39 is 0 Å². The summed E-state index contributed by atoms with van der Waals surface area (Å²) in [5, 5.41) is 6.92. The zero-order valence-electron chi connectivity index (χ0n) is 11.8. The quantitative estimate of drug-likeness (QED) is 0.637. The van der Waals surface area contributed by atoms with Crippen LogP contribution in [0.4, 0.5) is 10.9 Å². The molecule has 1 fully saturated rings. The Morgan fingerprint density at radius 2 is 2.30 bits per heavy atom. The van der Waals surface area contributed by atoms with Crippen LogP contribution >= 0.6 is 11.3 Å². The van der Waals surface area contributed by atoms with Crippen molar-refractivity contribution in [3.63, 3.8) is 0 Å². The molecule has 1 aliphatic rings. The number of nitrogens with one attached hydrogen (secondary N) is 2. The maximum Gasteiger partial charge on any atom is 0.265 e. The number of hydrogen-bond acceptors (Lipinski definition) is 6. The number of rotatable bonds is 8. The van der Waals surface area contributed by atoms with Gasteiger partial charge in [0.15, 0.2) is 5.13 Å². The molecular formula is C13H22N4O2S. The molecule has 1 heterocycles. The van der Waals surface area contributed by atoms with Crippen molar-refractivity contribution in [2.45, 2.75) is 38.1 Å². The predicted molar refractivity (Wildman–Crippen MR) is 81.2 cm³/mol. The van der Waals surface area contributed by atoms with Crippen LogP contribution in [0, 0.1) is 0 Å². The van der Waals surface area contributed by atoms with Crippen LogP contribution in [0.5, 0.6) is 0 Å². The molecule has 20 heavy (non-hydrogen) atoms. The zero-order valence-corrected chi connectivity index (χ0v) is 12.6. The first kappa shape index (κ1) is 15.1. The SMILES string of the molecule is COCCCCNC(=O)c1sc(NC2CCC2)nc1N. The number of anilines is 2. The summed E-state index contributed by atoms with van der Waals surface area (Å²) in [5.74, 6) is 0.172. The number of aromatic nitrogens is 1. The molecule has 0 unspecified atom stereocenters. The summed E-state index contributed by atoms with van der Waals surface area (Å²) in [7, 11) is 1.67. The summed E-state index contributed by atoms with van der Waals surface area (Å²) in [5.41, 5.74) is 5.81. The van der Waals surface area contributed by atoms with E-state index >= 15 is 0 Å². The Labute approximate surface area is 123 Å². The van der Waals surface area contributed by atoms with Crippen molar-refractivity contribution in [3.05, 3.63) is 4.88 Å². The molecule has 0 aliphatic heterocycles. The molecule has 0 bridgehead atoms. The van der Waals surface area contributed by atoms with E-state index in [1.165, 1.54) is 30.6 Å². The first-order chi connectivity index (χ1) is 9.70. The van der Waals surface area contributed by atoms with E-state index in [4.69, 9.17) is 10.5 Å². The Bertz CT molecular complexity index is 446. The highest BCUT2D eigenvalue weighted by Gasteiger charge is 2.21. The van der Waals surface area contributed by atoms with Gasteiger partial charge in [0.1, 0.15) is 10.7 Å². The molecule has 1 aliphatic carbocycles. The maximum atomic E-state index is 12.0. The normalized spacial score (nSPS) is 14.8. The summed E-state index contributed by atoms with van der Waals surface area (Å²) < 4.78 is 4.96. The molecule has 4 N–H and O–H groups in total. The molecule has 1 aromatic heterocycles. The largest absolute Gasteiger partial charge is 0.385 e. The minimum atomic E-state index is -0.140. The number of unbranched alkanes of at least 4 members (excludes halogenated alkanes) is 1. The summed E-state index contributed by atoms with van der Waals surface area (Å²) in [6.45, 7) is 1.35. The van der Waals surface area contributed by atoms with Gasteiger partial charge in [-0.05, 0) is 32.1 Å². The predicted octanol–water partition coefficient (Wildman–Crippen LogP) is 1.85. The van der Waals surface area contributed by atoms with Gasteiger partial charge in [-0.3, -0.25) is 4.79 Å². The van der Waals surface area contributed by atoms with Crippen LogP contribution < -0.4 is 16.4 Å². The average Bonchev–Trinajstić information content (AvgIpc) is 2.75. The lowest BCUT2D eigenvalue weighted by Gasteiger charge is -2.25. The minimum absolute atomic E-state index is 0.140. The summed E-state index contributed by atoms with van der Waals surface area (Å²) >= 11 is 1.33. The Morgan fingerprint density at radius 3 is 2.95 bits per heavy atom. The van der Waals surface area contributed by atoms with E-state index in [1.54, 1.807) is 7.11 Å². The topological polar surface area (TPSA) is 89.3 Å². The molecule has 0 radical (unpaired) electrons. The van der Waals surface area contributed by atoms with E-state index in [0.717, 1.165) is 18.0 Å². The van der Waals surface area contributed by atoms with Crippen LogP contribution in [0.1, 0.15) is 41.8 Å². The number of amides is 1. The van der Waals surface area contributed by atoms with Crippen molar-refractivity contribution in [2.24, 2.45) is 0 Å². The second kappa shape index (κ2) is 7.44. The molecule has 0 spiro atoms. The lowest BCUT2D eigenvalue weighted by molar-refractivity contribution is 0.0956. The fourth-order valence-electron chi connectivity index (χ4n) is 1.94. The van der Waals surface area contributed by atoms with Gasteiger partial charge in [0, 0.05) is 26.3 Å². The van der Waals surface area contributed by atoms with Crippen molar-refractivity contribution in [2.75, 3.05) is 31.3 Å². The molecule has 0 aromatic carbocycles. The van der Waals surface area contributed by atoms with Gasteiger partial charge in [0.2, 0.25) is 0 Å². The number of carbonyl (C=O) groups is 1. The Kier molecular flexibility index (Phi) is 5.60. The summed E-state index contributed by atoms with van der Waals surface area (Å²) in [6.07, 6.45) is 5.42. The van der Waals surface area contributed by atoms with Crippen LogP contribution in [0.25, 0.3) is 0 Å². The van der Waals surface area contributed by atoms with Crippen molar-refractivity contribution in [3.8, 4) is 0 Å². The first-order valence-electron chi connectivity index (χ1n) is 7.00. The highest BCUT2D eigenvalue weighted by Crippen LogP contribution is 2.29. The zero-order chi connectivity index (χ0) is 14.4. The Hall–Kier alpha value is -1.34. The van der Waals surface area contributed by atoms with Gasteiger partial charge in [-0.1, -0.05) is 11.3 Å². The molecule has 0 saturated heterocycles. The smallest absolute Gasteiger partial charge is 0.265 e. The van der Waals surface area contributed by atoms with Crippen LogP contribution in [0.2, 0.25) is 0 Å². The maximum absolute atomic E-state index is 12.0. The third-order valence-corrected chi connectivity index (χ3v) is 4.35. The fraction of sp³-hybridized carbons (Fsp3) is 0.692. The molecule has 7 heteroatoms. The first-order valence-corrected chi connectivity index (χ1v) is 7.82. The molecule has 1 aromatic rings. The molecule has 112 valence electrons. The fourth-order valence-corrected chi connectivity index (χ4v) is 2.82. The van der Waals surface area contributed by atoms with Crippen molar-refractivity contribution >= 4 is 28.2 Å².